The summed E-state index contributed by atoms with van der Waals surface area (Å²) < 4.78 is 7.18. The number of ether oxygens (including phenoxy) is 1. The van der Waals surface area contributed by atoms with Crippen LogP contribution in [0.4, 0.5) is 5.82 Å². The molecule has 0 amide bonds. The van der Waals surface area contributed by atoms with Crippen LogP contribution >= 0.6 is 0 Å². The summed E-state index contributed by atoms with van der Waals surface area (Å²) in [6.45, 7) is 4.18. The zero-order chi connectivity index (χ0) is 13.9. The average molecular weight is 277 g/mol. The number of anilines is 1. The van der Waals surface area contributed by atoms with Gasteiger partial charge in [0.15, 0.2) is 11.5 Å². The van der Waals surface area contributed by atoms with Crippen molar-refractivity contribution in [3.8, 4) is 0 Å². The molecule has 3 heterocycles. The second-order valence-electron chi connectivity index (χ2n) is 4.88. The van der Waals surface area contributed by atoms with E-state index in [4.69, 9.17) is 10.6 Å². The van der Waals surface area contributed by atoms with E-state index in [2.05, 4.69) is 25.4 Å². The van der Waals surface area contributed by atoms with Crippen molar-refractivity contribution < 1.29 is 4.74 Å². The van der Waals surface area contributed by atoms with Gasteiger partial charge in [-0.2, -0.15) is 5.10 Å². The molecule has 20 heavy (non-hydrogen) atoms. The van der Waals surface area contributed by atoms with Gasteiger partial charge in [-0.3, -0.25) is 9.58 Å². The van der Waals surface area contributed by atoms with Gasteiger partial charge >= 0.3 is 0 Å². The van der Waals surface area contributed by atoms with E-state index in [9.17, 15) is 0 Å². The summed E-state index contributed by atoms with van der Waals surface area (Å²) in [5, 5.41) is 5.02. The Bertz CT molecular complexity index is 589. The Morgan fingerprint density at radius 3 is 3.10 bits per heavy atom. The van der Waals surface area contributed by atoms with Crippen molar-refractivity contribution in [3.63, 3.8) is 0 Å². The van der Waals surface area contributed by atoms with Crippen LogP contribution in [0.5, 0.6) is 0 Å². The molecule has 0 saturated carbocycles. The molecule has 0 spiro atoms. The van der Waals surface area contributed by atoms with E-state index >= 15 is 0 Å². The SMILES string of the molecule is Cn1ncc2c(NN)nc(CN3CCCOCC3)nc21. The van der Waals surface area contributed by atoms with E-state index < -0.39 is 0 Å². The van der Waals surface area contributed by atoms with E-state index in [1.165, 1.54) is 0 Å². The Balaban J connectivity index is 1.88. The van der Waals surface area contributed by atoms with Gasteiger partial charge in [0.1, 0.15) is 5.82 Å². The highest BCUT2D eigenvalue weighted by molar-refractivity contribution is 5.86. The summed E-state index contributed by atoms with van der Waals surface area (Å²) in [7, 11) is 1.86. The predicted molar refractivity (Wildman–Crippen MR) is 74.8 cm³/mol. The van der Waals surface area contributed by atoms with Gasteiger partial charge in [-0.25, -0.2) is 15.8 Å². The first-order valence-electron chi connectivity index (χ1n) is 6.73. The van der Waals surface area contributed by atoms with Crippen molar-refractivity contribution in [3.05, 3.63) is 12.0 Å². The van der Waals surface area contributed by atoms with Crippen LogP contribution < -0.4 is 11.3 Å². The van der Waals surface area contributed by atoms with Gasteiger partial charge < -0.3 is 10.2 Å². The number of hydrogen-bond donors (Lipinski definition) is 2. The van der Waals surface area contributed by atoms with Gasteiger partial charge in [-0.15, -0.1) is 0 Å². The maximum absolute atomic E-state index is 5.54. The Morgan fingerprint density at radius 1 is 1.35 bits per heavy atom. The number of aryl methyl sites for hydroxylation is 1. The van der Waals surface area contributed by atoms with E-state index in [0.29, 0.717) is 12.4 Å². The fraction of sp³-hybridized carbons (Fsp3) is 0.583. The van der Waals surface area contributed by atoms with Crippen LogP contribution in [0.25, 0.3) is 11.0 Å². The zero-order valence-electron chi connectivity index (χ0n) is 11.5. The van der Waals surface area contributed by atoms with E-state index in [-0.39, 0.29) is 0 Å². The number of nitrogens with one attached hydrogen (secondary N) is 1. The minimum Gasteiger partial charge on any atom is -0.380 e. The molecule has 3 rings (SSSR count). The molecule has 0 aromatic carbocycles. The third-order valence-corrected chi connectivity index (χ3v) is 3.46. The quantitative estimate of drug-likeness (QED) is 0.596. The number of nitrogens with two attached hydrogens (primary N) is 1. The number of rotatable bonds is 3. The lowest BCUT2D eigenvalue weighted by Gasteiger charge is -2.18. The molecule has 0 aliphatic carbocycles. The van der Waals surface area contributed by atoms with Crippen LogP contribution in [-0.4, -0.2) is 51.0 Å². The van der Waals surface area contributed by atoms with E-state index in [1.54, 1.807) is 10.9 Å². The lowest BCUT2D eigenvalue weighted by molar-refractivity contribution is 0.140. The lowest BCUT2D eigenvalue weighted by atomic mass is 10.3. The molecule has 0 bridgehead atoms. The van der Waals surface area contributed by atoms with Gasteiger partial charge in [0.05, 0.1) is 24.7 Å². The summed E-state index contributed by atoms with van der Waals surface area (Å²) >= 11 is 0. The zero-order valence-corrected chi connectivity index (χ0v) is 11.5. The summed E-state index contributed by atoms with van der Waals surface area (Å²) in [5.41, 5.74) is 3.41. The summed E-state index contributed by atoms with van der Waals surface area (Å²) in [5.74, 6) is 6.90. The van der Waals surface area contributed by atoms with Gasteiger partial charge in [0.25, 0.3) is 0 Å². The van der Waals surface area contributed by atoms with Crippen molar-refractivity contribution >= 4 is 16.9 Å². The Morgan fingerprint density at radius 2 is 2.25 bits per heavy atom. The molecule has 1 fully saturated rings. The fourth-order valence-electron chi connectivity index (χ4n) is 2.40. The van der Waals surface area contributed by atoms with Crippen LogP contribution in [-0.2, 0) is 18.3 Å². The van der Waals surface area contributed by atoms with Crippen molar-refractivity contribution in [1.29, 1.82) is 0 Å². The number of hydrazine groups is 1. The molecule has 3 N–H and O–H groups in total. The van der Waals surface area contributed by atoms with Crippen molar-refractivity contribution in [2.24, 2.45) is 12.9 Å². The van der Waals surface area contributed by atoms with Gasteiger partial charge in [0, 0.05) is 26.7 Å². The minimum absolute atomic E-state index is 0.615. The van der Waals surface area contributed by atoms with Crippen molar-refractivity contribution in [2.45, 2.75) is 13.0 Å². The predicted octanol–water partition coefficient (Wildman–Crippen LogP) is -0.129. The number of hydrogen-bond acceptors (Lipinski definition) is 7. The number of aromatic nitrogens is 4. The third kappa shape index (κ3) is 2.58. The van der Waals surface area contributed by atoms with Crippen molar-refractivity contribution in [2.75, 3.05) is 31.7 Å². The highest BCUT2D eigenvalue weighted by atomic mass is 16.5. The van der Waals surface area contributed by atoms with Crippen LogP contribution in [0.2, 0.25) is 0 Å². The van der Waals surface area contributed by atoms with Gasteiger partial charge in [0.2, 0.25) is 0 Å². The summed E-state index contributed by atoms with van der Waals surface area (Å²) in [6.07, 6.45) is 2.75. The molecule has 0 unspecified atom stereocenters. The molecule has 0 atom stereocenters. The fourth-order valence-corrected chi connectivity index (χ4v) is 2.40. The van der Waals surface area contributed by atoms with Gasteiger partial charge in [-0.1, -0.05) is 0 Å². The molecule has 0 radical (unpaired) electrons. The number of nitrogens with zero attached hydrogens (tertiary/aromatic N) is 5. The molecule has 108 valence electrons. The summed E-state index contributed by atoms with van der Waals surface area (Å²) in [4.78, 5) is 11.4. The Hall–Kier alpha value is -1.77. The van der Waals surface area contributed by atoms with Crippen LogP contribution in [0, 0.1) is 0 Å². The molecule has 1 aliphatic heterocycles. The second-order valence-corrected chi connectivity index (χ2v) is 4.88. The van der Waals surface area contributed by atoms with Crippen LogP contribution in [0.3, 0.4) is 0 Å². The number of fused-ring (bicyclic) bond motifs is 1. The van der Waals surface area contributed by atoms with Crippen molar-refractivity contribution in [1.82, 2.24) is 24.6 Å². The molecule has 8 heteroatoms. The average Bonchev–Trinajstić information content (AvgIpc) is 2.67. The third-order valence-electron chi connectivity index (χ3n) is 3.46. The molecule has 2 aromatic rings. The number of nitrogen functional groups attached to an aromatic ring is 1. The van der Waals surface area contributed by atoms with E-state index in [0.717, 1.165) is 49.6 Å². The monoisotopic (exact) mass is 277 g/mol. The maximum Gasteiger partial charge on any atom is 0.163 e. The Kier molecular flexibility index (Phi) is 3.77. The van der Waals surface area contributed by atoms with Crippen LogP contribution in [0.15, 0.2) is 6.20 Å². The first-order chi connectivity index (χ1) is 9.78. The van der Waals surface area contributed by atoms with Crippen LogP contribution in [0.1, 0.15) is 12.2 Å². The molecule has 1 aliphatic rings. The highest BCUT2D eigenvalue weighted by Crippen LogP contribution is 2.19. The first kappa shape index (κ1) is 13.2. The standard InChI is InChI=1S/C12H19N7O/c1-18-12-9(7-14-18)11(17-13)15-10(16-12)8-19-3-2-5-20-6-4-19/h7H,2-6,8,13H2,1H3,(H,15,16,17). The lowest BCUT2D eigenvalue weighted by Crippen LogP contribution is -2.27. The minimum atomic E-state index is 0.615. The highest BCUT2D eigenvalue weighted by Gasteiger charge is 2.15. The normalized spacial score (nSPS) is 17.3. The molecule has 2 aromatic heterocycles. The largest absolute Gasteiger partial charge is 0.380 e. The first-order valence-corrected chi connectivity index (χ1v) is 6.73. The Labute approximate surface area is 116 Å². The topological polar surface area (TPSA) is 94.1 Å². The summed E-state index contributed by atoms with van der Waals surface area (Å²) in [6, 6.07) is 0. The molecule has 1 saturated heterocycles. The smallest absolute Gasteiger partial charge is 0.163 e. The van der Waals surface area contributed by atoms with E-state index in [1.807, 2.05) is 7.05 Å². The maximum atomic E-state index is 5.54. The molecular weight excluding hydrogens is 258 g/mol. The molecular formula is C12H19N7O. The molecule has 8 nitrogen and oxygen atoms in total. The second kappa shape index (κ2) is 5.70. The van der Waals surface area contributed by atoms with Gasteiger partial charge in [-0.05, 0) is 6.42 Å².